The van der Waals surface area contributed by atoms with Crippen LogP contribution in [0.2, 0.25) is 0 Å². The van der Waals surface area contributed by atoms with E-state index in [4.69, 9.17) is 5.73 Å². The molecule has 0 saturated carbocycles. The van der Waals surface area contributed by atoms with Gasteiger partial charge in [-0.15, -0.1) is 0 Å². The summed E-state index contributed by atoms with van der Waals surface area (Å²) in [5.41, 5.74) is 9.48. The Labute approximate surface area is 123 Å². The molecule has 1 aliphatic rings. The predicted molar refractivity (Wildman–Crippen MR) is 83.9 cm³/mol. The van der Waals surface area contributed by atoms with E-state index in [2.05, 4.69) is 5.10 Å². The van der Waals surface area contributed by atoms with Gasteiger partial charge in [0.25, 0.3) is 0 Å². The Bertz CT molecular complexity index is 679. The van der Waals surface area contributed by atoms with Gasteiger partial charge >= 0.3 is 0 Å². The summed E-state index contributed by atoms with van der Waals surface area (Å²) in [5, 5.41) is 5.99. The van der Waals surface area contributed by atoms with Crippen molar-refractivity contribution in [3.05, 3.63) is 65.7 Å². The molecule has 4 nitrogen and oxygen atoms in total. The van der Waals surface area contributed by atoms with Gasteiger partial charge in [-0.2, -0.15) is 5.10 Å². The van der Waals surface area contributed by atoms with Gasteiger partial charge in [-0.05, 0) is 11.6 Å². The zero-order valence-corrected chi connectivity index (χ0v) is 11.7. The van der Waals surface area contributed by atoms with Crippen LogP contribution in [0.4, 0.5) is 5.69 Å². The number of hydrogen-bond acceptors (Lipinski definition) is 3. The fraction of sp³-hybridized carbons (Fsp3) is 0.176. The van der Waals surface area contributed by atoms with Crippen molar-refractivity contribution in [2.24, 2.45) is 5.10 Å². The van der Waals surface area contributed by atoms with Gasteiger partial charge in [-0.1, -0.05) is 48.5 Å². The Morgan fingerprint density at radius 1 is 1.10 bits per heavy atom. The second-order valence-corrected chi connectivity index (χ2v) is 5.06. The van der Waals surface area contributed by atoms with Crippen molar-refractivity contribution < 1.29 is 4.79 Å². The minimum Gasteiger partial charge on any atom is -0.398 e. The van der Waals surface area contributed by atoms with Crippen LogP contribution in [0, 0.1) is 0 Å². The number of anilines is 1. The molecule has 0 fully saturated rings. The van der Waals surface area contributed by atoms with Crippen molar-refractivity contribution >= 4 is 17.3 Å². The molecule has 1 amide bonds. The Hall–Kier alpha value is -2.62. The summed E-state index contributed by atoms with van der Waals surface area (Å²) in [4.78, 5) is 12.3. The van der Waals surface area contributed by atoms with Crippen LogP contribution in [0.3, 0.4) is 0 Å². The first-order chi connectivity index (χ1) is 10.2. The summed E-state index contributed by atoms with van der Waals surface area (Å²) in [5.74, 6) is 0.0192. The summed E-state index contributed by atoms with van der Waals surface area (Å²) >= 11 is 0. The van der Waals surface area contributed by atoms with Gasteiger partial charge in [-0.25, -0.2) is 5.01 Å². The van der Waals surface area contributed by atoms with Crippen molar-refractivity contribution in [1.29, 1.82) is 0 Å². The first-order valence-corrected chi connectivity index (χ1v) is 7.00. The Morgan fingerprint density at radius 2 is 1.81 bits per heavy atom. The highest BCUT2D eigenvalue weighted by Crippen LogP contribution is 2.19. The molecular weight excluding hydrogens is 262 g/mol. The fourth-order valence-electron chi connectivity index (χ4n) is 2.45. The number of para-hydroxylation sites is 1. The lowest BCUT2D eigenvalue weighted by Crippen LogP contribution is -2.25. The molecule has 0 saturated heterocycles. The minimum absolute atomic E-state index is 0.0192. The lowest BCUT2D eigenvalue weighted by atomic mass is 10.1. The molecule has 2 aromatic rings. The van der Waals surface area contributed by atoms with Crippen molar-refractivity contribution in [3.63, 3.8) is 0 Å². The van der Waals surface area contributed by atoms with E-state index in [9.17, 15) is 4.79 Å². The highest BCUT2D eigenvalue weighted by Gasteiger charge is 2.22. The summed E-state index contributed by atoms with van der Waals surface area (Å²) in [6.45, 7) is 0.620. The van der Waals surface area contributed by atoms with E-state index in [1.54, 1.807) is 5.01 Å². The van der Waals surface area contributed by atoms with Gasteiger partial charge in [0.05, 0.1) is 18.7 Å². The molecule has 1 aliphatic heterocycles. The maximum atomic E-state index is 12.3. The molecule has 0 radical (unpaired) electrons. The highest BCUT2D eigenvalue weighted by atomic mass is 16.2. The van der Waals surface area contributed by atoms with Gasteiger partial charge in [0.1, 0.15) is 0 Å². The van der Waals surface area contributed by atoms with Crippen LogP contribution in [0.25, 0.3) is 0 Å². The van der Waals surface area contributed by atoms with Crippen LogP contribution in [0.15, 0.2) is 59.7 Å². The molecule has 2 N–H and O–H groups in total. The number of hydrogen-bond donors (Lipinski definition) is 1. The van der Waals surface area contributed by atoms with Crippen LogP contribution in [-0.4, -0.2) is 23.2 Å². The van der Waals surface area contributed by atoms with E-state index in [0.717, 1.165) is 23.3 Å². The molecule has 21 heavy (non-hydrogen) atoms. The molecule has 0 unspecified atom stereocenters. The average Bonchev–Trinajstić information content (AvgIpc) is 2.98. The predicted octanol–water partition coefficient (Wildman–Crippen LogP) is 2.45. The summed E-state index contributed by atoms with van der Waals surface area (Å²) in [7, 11) is 0. The number of nitrogens with two attached hydrogens (primary N) is 1. The topological polar surface area (TPSA) is 58.7 Å². The zero-order chi connectivity index (χ0) is 14.7. The lowest BCUT2D eigenvalue weighted by Gasteiger charge is -2.11. The van der Waals surface area contributed by atoms with E-state index >= 15 is 0 Å². The van der Waals surface area contributed by atoms with E-state index in [-0.39, 0.29) is 5.91 Å². The summed E-state index contributed by atoms with van der Waals surface area (Å²) in [6.07, 6.45) is 1.12. The van der Waals surface area contributed by atoms with Crippen molar-refractivity contribution in [2.75, 3.05) is 12.3 Å². The maximum Gasteiger partial charge on any atom is 0.247 e. The number of benzene rings is 2. The van der Waals surface area contributed by atoms with Crippen LogP contribution in [0.5, 0.6) is 0 Å². The number of nitrogen functional groups attached to an aromatic ring is 1. The zero-order valence-electron chi connectivity index (χ0n) is 11.7. The maximum absolute atomic E-state index is 12.3. The smallest absolute Gasteiger partial charge is 0.247 e. The van der Waals surface area contributed by atoms with Crippen LogP contribution in [0.1, 0.15) is 17.5 Å². The molecule has 0 bridgehead atoms. The van der Waals surface area contributed by atoms with Gasteiger partial charge in [0.15, 0.2) is 0 Å². The molecule has 2 aromatic carbocycles. The number of amides is 1. The van der Waals surface area contributed by atoms with Crippen molar-refractivity contribution in [3.8, 4) is 0 Å². The molecule has 1 heterocycles. The monoisotopic (exact) mass is 279 g/mol. The lowest BCUT2D eigenvalue weighted by molar-refractivity contribution is -0.130. The number of rotatable bonds is 3. The third-order valence-electron chi connectivity index (χ3n) is 3.56. The molecular formula is C17H17N3O. The highest BCUT2D eigenvalue weighted by molar-refractivity contribution is 6.06. The minimum atomic E-state index is 0.0192. The number of carbonyl (C=O) groups excluding carboxylic acids is 1. The molecule has 106 valence electrons. The Balaban J connectivity index is 1.74. The van der Waals surface area contributed by atoms with Crippen LogP contribution >= 0.6 is 0 Å². The fourth-order valence-corrected chi connectivity index (χ4v) is 2.45. The first kappa shape index (κ1) is 13.4. The second-order valence-electron chi connectivity index (χ2n) is 5.06. The van der Waals surface area contributed by atoms with Gasteiger partial charge < -0.3 is 5.73 Å². The van der Waals surface area contributed by atoms with E-state index in [1.807, 2.05) is 54.6 Å². The van der Waals surface area contributed by atoms with Gasteiger partial charge in [0.2, 0.25) is 5.91 Å². The molecule has 0 spiro atoms. The van der Waals surface area contributed by atoms with Crippen LogP contribution in [-0.2, 0) is 11.2 Å². The first-order valence-electron chi connectivity index (χ1n) is 7.00. The third-order valence-corrected chi connectivity index (χ3v) is 3.56. The third kappa shape index (κ3) is 2.94. The van der Waals surface area contributed by atoms with Crippen molar-refractivity contribution in [1.82, 2.24) is 5.01 Å². The largest absolute Gasteiger partial charge is 0.398 e. The summed E-state index contributed by atoms with van der Waals surface area (Å²) < 4.78 is 0. The average molecular weight is 279 g/mol. The molecule has 0 aromatic heterocycles. The number of carbonyl (C=O) groups is 1. The molecule has 4 heteroatoms. The molecule has 0 atom stereocenters. The number of hydrazone groups is 1. The van der Waals surface area contributed by atoms with Crippen LogP contribution < -0.4 is 5.73 Å². The Morgan fingerprint density at radius 3 is 2.57 bits per heavy atom. The molecule has 3 rings (SSSR count). The quantitative estimate of drug-likeness (QED) is 0.877. The summed E-state index contributed by atoms with van der Waals surface area (Å²) in [6, 6.07) is 17.3. The standard InChI is InChI=1S/C17H17N3O/c18-15-9-5-4-8-14(15)16-10-11-20(19-16)17(21)12-13-6-2-1-3-7-13/h1-9H,10-12,18H2. The number of nitrogens with zero attached hydrogens (tertiary/aromatic N) is 2. The van der Waals surface area contributed by atoms with E-state index in [1.165, 1.54) is 0 Å². The SMILES string of the molecule is Nc1ccccc1C1=NN(C(=O)Cc2ccccc2)CC1. The normalized spacial score (nSPS) is 14.1. The van der Waals surface area contributed by atoms with E-state index < -0.39 is 0 Å². The van der Waals surface area contributed by atoms with Gasteiger partial charge in [0, 0.05) is 17.7 Å². The van der Waals surface area contributed by atoms with Gasteiger partial charge in [-0.3, -0.25) is 4.79 Å². The molecule has 0 aliphatic carbocycles. The van der Waals surface area contributed by atoms with E-state index in [0.29, 0.717) is 18.7 Å². The second kappa shape index (κ2) is 5.79. The van der Waals surface area contributed by atoms with Crippen molar-refractivity contribution in [2.45, 2.75) is 12.8 Å². The Kier molecular flexibility index (Phi) is 3.69.